The van der Waals surface area contributed by atoms with Crippen LogP contribution in [-0.4, -0.2) is 44.1 Å². The van der Waals surface area contributed by atoms with Gasteiger partial charge in [0.2, 0.25) is 5.91 Å². The third-order valence-corrected chi connectivity index (χ3v) is 4.50. The minimum atomic E-state index is 0.209. The monoisotopic (exact) mass is 324 g/mol. The van der Waals surface area contributed by atoms with Crippen LogP contribution < -0.4 is 9.64 Å². The van der Waals surface area contributed by atoms with Gasteiger partial charge < -0.3 is 14.5 Å². The molecule has 3 rings (SSSR count). The largest absolute Gasteiger partial charge is 0.495 e. The van der Waals surface area contributed by atoms with Gasteiger partial charge in [0.1, 0.15) is 5.75 Å². The predicted octanol–water partition coefficient (Wildman–Crippen LogP) is 2.89. The quantitative estimate of drug-likeness (QED) is 0.867. The van der Waals surface area contributed by atoms with E-state index in [4.69, 9.17) is 4.74 Å². The molecule has 0 unspecified atom stereocenters. The molecule has 0 N–H and O–H groups in total. The number of amides is 1. The molecule has 4 heteroatoms. The zero-order chi connectivity index (χ0) is 16.9. The highest BCUT2D eigenvalue weighted by molar-refractivity contribution is 5.79. The molecule has 24 heavy (non-hydrogen) atoms. The van der Waals surface area contributed by atoms with Crippen LogP contribution in [0.4, 0.5) is 5.69 Å². The molecule has 0 aromatic heterocycles. The van der Waals surface area contributed by atoms with Crippen molar-refractivity contribution in [2.75, 3.05) is 38.2 Å². The Morgan fingerprint density at radius 2 is 1.79 bits per heavy atom. The Balaban J connectivity index is 1.59. The first kappa shape index (κ1) is 16.4. The molecule has 0 spiro atoms. The third-order valence-electron chi connectivity index (χ3n) is 4.50. The number of hydrogen-bond donors (Lipinski definition) is 0. The van der Waals surface area contributed by atoms with Gasteiger partial charge in [-0.1, -0.05) is 42.0 Å². The second kappa shape index (κ2) is 7.39. The fraction of sp³-hybridized carbons (Fsp3) is 0.350. The second-order valence-electron chi connectivity index (χ2n) is 6.21. The van der Waals surface area contributed by atoms with Crippen LogP contribution in [0.2, 0.25) is 0 Å². The second-order valence-corrected chi connectivity index (χ2v) is 6.21. The Bertz CT molecular complexity index is 706. The van der Waals surface area contributed by atoms with Crippen LogP contribution in [0.5, 0.6) is 5.75 Å². The summed E-state index contributed by atoms with van der Waals surface area (Å²) < 4.78 is 5.44. The first-order valence-electron chi connectivity index (χ1n) is 8.38. The Morgan fingerprint density at radius 3 is 2.50 bits per heavy atom. The van der Waals surface area contributed by atoms with Gasteiger partial charge in [0.05, 0.1) is 19.2 Å². The minimum absolute atomic E-state index is 0.209. The molecule has 1 saturated heterocycles. The molecule has 0 radical (unpaired) electrons. The first-order chi connectivity index (χ1) is 11.7. The maximum absolute atomic E-state index is 12.5. The number of para-hydroxylation sites is 2. The zero-order valence-electron chi connectivity index (χ0n) is 14.4. The Labute approximate surface area is 143 Å². The maximum atomic E-state index is 12.5. The van der Waals surface area contributed by atoms with Crippen molar-refractivity contribution in [3.63, 3.8) is 0 Å². The van der Waals surface area contributed by atoms with Gasteiger partial charge in [-0.05, 0) is 24.6 Å². The van der Waals surface area contributed by atoms with Crippen molar-refractivity contribution in [3.8, 4) is 5.75 Å². The van der Waals surface area contributed by atoms with Gasteiger partial charge in [0.25, 0.3) is 0 Å². The number of piperazine rings is 1. The van der Waals surface area contributed by atoms with Gasteiger partial charge >= 0.3 is 0 Å². The number of nitrogens with zero attached hydrogens (tertiary/aromatic N) is 2. The SMILES string of the molecule is COc1ccccc1N1CCN(C(=O)Cc2cccc(C)c2)CC1. The van der Waals surface area contributed by atoms with E-state index < -0.39 is 0 Å². The molecular formula is C20H24N2O2. The Morgan fingerprint density at radius 1 is 1.04 bits per heavy atom. The van der Waals surface area contributed by atoms with E-state index in [0.717, 1.165) is 43.2 Å². The zero-order valence-corrected chi connectivity index (χ0v) is 14.4. The molecule has 1 fully saturated rings. The molecule has 0 bridgehead atoms. The summed E-state index contributed by atoms with van der Waals surface area (Å²) in [5.74, 6) is 1.09. The van der Waals surface area contributed by atoms with E-state index in [1.54, 1.807) is 7.11 Å². The number of anilines is 1. The standard InChI is InChI=1S/C20H24N2O2/c1-16-6-5-7-17(14-16)15-20(23)22-12-10-21(11-13-22)18-8-3-4-9-19(18)24-2/h3-9,14H,10-13,15H2,1-2H3. The van der Waals surface area contributed by atoms with Crippen molar-refractivity contribution in [2.24, 2.45) is 0 Å². The van der Waals surface area contributed by atoms with E-state index in [-0.39, 0.29) is 5.91 Å². The Kier molecular flexibility index (Phi) is 5.04. The van der Waals surface area contributed by atoms with Crippen molar-refractivity contribution in [1.82, 2.24) is 4.90 Å². The number of hydrogen-bond acceptors (Lipinski definition) is 3. The van der Waals surface area contributed by atoms with Crippen LogP contribution in [0.25, 0.3) is 0 Å². The molecule has 1 aliphatic heterocycles. The lowest BCUT2D eigenvalue weighted by Gasteiger charge is -2.36. The fourth-order valence-electron chi connectivity index (χ4n) is 3.20. The lowest BCUT2D eigenvalue weighted by Crippen LogP contribution is -2.49. The molecular weight excluding hydrogens is 300 g/mol. The number of carbonyl (C=O) groups excluding carboxylic acids is 1. The molecule has 4 nitrogen and oxygen atoms in total. The number of ether oxygens (including phenoxy) is 1. The molecule has 2 aromatic carbocycles. The van der Waals surface area contributed by atoms with E-state index >= 15 is 0 Å². The van der Waals surface area contributed by atoms with Crippen molar-refractivity contribution in [2.45, 2.75) is 13.3 Å². The molecule has 1 heterocycles. The molecule has 126 valence electrons. The summed E-state index contributed by atoms with van der Waals surface area (Å²) in [7, 11) is 1.69. The van der Waals surface area contributed by atoms with Gasteiger partial charge in [0.15, 0.2) is 0 Å². The summed E-state index contributed by atoms with van der Waals surface area (Å²) >= 11 is 0. The average molecular weight is 324 g/mol. The summed E-state index contributed by atoms with van der Waals surface area (Å²) in [5, 5.41) is 0. The lowest BCUT2D eigenvalue weighted by atomic mass is 10.1. The Hall–Kier alpha value is -2.49. The number of rotatable bonds is 4. The van der Waals surface area contributed by atoms with Gasteiger partial charge in [-0.15, -0.1) is 0 Å². The number of aryl methyl sites for hydroxylation is 1. The maximum Gasteiger partial charge on any atom is 0.227 e. The summed E-state index contributed by atoms with van der Waals surface area (Å²) in [6.45, 7) is 5.23. The molecule has 0 saturated carbocycles. The van der Waals surface area contributed by atoms with Crippen LogP contribution in [0.15, 0.2) is 48.5 Å². The molecule has 0 atom stereocenters. The van der Waals surface area contributed by atoms with E-state index in [1.165, 1.54) is 5.56 Å². The van der Waals surface area contributed by atoms with Crippen LogP contribution in [0.3, 0.4) is 0 Å². The van der Waals surface area contributed by atoms with Crippen LogP contribution >= 0.6 is 0 Å². The topological polar surface area (TPSA) is 32.8 Å². The average Bonchev–Trinajstić information content (AvgIpc) is 2.62. The first-order valence-corrected chi connectivity index (χ1v) is 8.38. The van der Waals surface area contributed by atoms with Gasteiger partial charge in [-0.25, -0.2) is 0 Å². The van der Waals surface area contributed by atoms with E-state index in [1.807, 2.05) is 35.2 Å². The van der Waals surface area contributed by atoms with Crippen LogP contribution in [-0.2, 0) is 11.2 Å². The van der Waals surface area contributed by atoms with E-state index in [9.17, 15) is 4.79 Å². The molecule has 1 amide bonds. The molecule has 0 aliphatic carbocycles. The summed E-state index contributed by atoms with van der Waals surface area (Å²) in [6, 6.07) is 16.2. The van der Waals surface area contributed by atoms with E-state index in [0.29, 0.717) is 6.42 Å². The van der Waals surface area contributed by atoms with Gasteiger partial charge in [-0.3, -0.25) is 4.79 Å². The number of carbonyl (C=O) groups is 1. The highest BCUT2D eigenvalue weighted by atomic mass is 16.5. The fourth-order valence-corrected chi connectivity index (χ4v) is 3.20. The van der Waals surface area contributed by atoms with Crippen molar-refractivity contribution in [3.05, 3.63) is 59.7 Å². The summed E-state index contributed by atoms with van der Waals surface area (Å²) in [6.07, 6.45) is 0.482. The smallest absolute Gasteiger partial charge is 0.227 e. The normalized spacial score (nSPS) is 14.6. The highest BCUT2D eigenvalue weighted by Crippen LogP contribution is 2.28. The van der Waals surface area contributed by atoms with Crippen LogP contribution in [0, 0.1) is 6.92 Å². The van der Waals surface area contributed by atoms with Gasteiger partial charge in [0, 0.05) is 26.2 Å². The van der Waals surface area contributed by atoms with Gasteiger partial charge in [-0.2, -0.15) is 0 Å². The number of methoxy groups -OCH3 is 1. The van der Waals surface area contributed by atoms with E-state index in [2.05, 4.69) is 30.0 Å². The lowest BCUT2D eigenvalue weighted by molar-refractivity contribution is -0.130. The highest BCUT2D eigenvalue weighted by Gasteiger charge is 2.22. The van der Waals surface area contributed by atoms with Crippen molar-refractivity contribution >= 4 is 11.6 Å². The van der Waals surface area contributed by atoms with Crippen molar-refractivity contribution < 1.29 is 9.53 Å². The minimum Gasteiger partial charge on any atom is -0.495 e. The van der Waals surface area contributed by atoms with Crippen molar-refractivity contribution in [1.29, 1.82) is 0 Å². The van der Waals surface area contributed by atoms with Crippen LogP contribution in [0.1, 0.15) is 11.1 Å². The third kappa shape index (κ3) is 3.70. The predicted molar refractivity (Wildman–Crippen MR) is 96.7 cm³/mol. The molecule has 1 aliphatic rings. The number of benzene rings is 2. The summed E-state index contributed by atoms with van der Waals surface area (Å²) in [4.78, 5) is 16.8. The summed E-state index contributed by atoms with van der Waals surface area (Å²) in [5.41, 5.74) is 3.39. The molecule has 2 aromatic rings.